The van der Waals surface area contributed by atoms with Crippen molar-refractivity contribution in [2.75, 3.05) is 6.54 Å². The number of nitrogens with two attached hydrogens (primary N) is 1. The summed E-state index contributed by atoms with van der Waals surface area (Å²) in [4.78, 5) is 11.8. The van der Waals surface area contributed by atoms with Crippen LogP contribution in [0.2, 0.25) is 0 Å². The molecule has 1 amide bonds. The first-order valence-electron chi connectivity index (χ1n) is 5.62. The van der Waals surface area contributed by atoms with Gasteiger partial charge in [0.25, 0.3) is 5.91 Å². The van der Waals surface area contributed by atoms with Gasteiger partial charge in [-0.3, -0.25) is 9.48 Å². The van der Waals surface area contributed by atoms with Crippen LogP contribution in [-0.4, -0.2) is 28.3 Å². The second kappa shape index (κ2) is 4.25. The predicted octanol–water partition coefficient (Wildman–Crippen LogP) is 0.196. The molecule has 1 aromatic rings. The van der Waals surface area contributed by atoms with E-state index in [1.807, 2.05) is 14.0 Å². The molecule has 1 heterocycles. The van der Waals surface area contributed by atoms with Crippen LogP contribution in [0.25, 0.3) is 0 Å². The van der Waals surface area contributed by atoms with Gasteiger partial charge in [-0.05, 0) is 25.7 Å². The molecule has 3 N–H and O–H groups in total. The minimum atomic E-state index is -0.0818. The van der Waals surface area contributed by atoms with Crippen LogP contribution in [0.3, 0.4) is 0 Å². The molecule has 0 saturated heterocycles. The summed E-state index contributed by atoms with van der Waals surface area (Å²) in [5.41, 5.74) is 7.42. The SMILES string of the molecule is Cc1c(C(=O)NCC(N)C2CC2)cnn1C. The van der Waals surface area contributed by atoms with Gasteiger partial charge in [-0.15, -0.1) is 0 Å². The molecule has 5 heteroatoms. The van der Waals surface area contributed by atoms with Gasteiger partial charge >= 0.3 is 0 Å². The van der Waals surface area contributed by atoms with Crippen LogP contribution in [0.4, 0.5) is 0 Å². The van der Waals surface area contributed by atoms with Gasteiger partial charge in [-0.25, -0.2) is 0 Å². The van der Waals surface area contributed by atoms with Crippen molar-refractivity contribution in [3.8, 4) is 0 Å². The molecule has 88 valence electrons. The first-order valence-corrected chi connectivity index (χ1v) is 5.62. The number of aryl methyl sites for hydroxylation is 1. The van der Waals surface area contributed by atoms with E-state index in [1.165, 1.54) is 12.8 Å². The Labute approximate surface area is 95.0 Å². The quantitative estimate of drug-likeness (QED) is 0.764. The minimum absolute atomic E-state index is 0.0818. The van der Waals surface area contributed by atoms with E-state index in [9.17, 15) is 4.79 Å². The summed E-state index contributed by atoms with van der Waals surface area (Å²) in [7, 11) is 1.82. The molecule has 1 saturated carbocycles. The molecule has 0 aromatic carbocycles. The average molecular weight is 222 g/mol. The van der Waals surface area contributed by atoms with Gasteiger partial charge in [0.2, 0.25) is 0 Å². The maximum Gasteiger partial charge on any atom is 0.254 e. The molecular weight excluding hydrogens is 204 g/mol. The first kappa shape index (κ1) is 11.1. The third-order valence-electron chi connectivity index (χ3n) is 3.21. The Balaban J connectivity index is 1.90. The number of rotatable bonds is 4. The Morgan fingerprint density at radius 3 is 2.94 bits per heavy atom. The van der Waals surface area contributed by atoms with E-state index in [2.05, 4.69) is 10.4 Å². The van der Waals surface area contributed by atoms with Crippen LogP contribution >= 0.6 is 0 Å². The average Bonchev–Trinajstić information content (AvgIpc) is 3.04. The molecule has 5 nitrogen and oxygen atoms in total. The molecule has 1 fully saturated rings. The second-order valence-electron chi connectivity index (χ2n) is 4.48. The standard InChI is InChI=1S/C11H18N4O/c1-7-9(5-14-15(7)2)11(16)13-6-10(12)8-3-4-8/h5,8,10H,3-4,6,12H2,1-2H3,(H,13,16). The molecule has 1 unspecified atom stereocenters. The molecular formula is C11H18N4O. The monoisotopic (exact) mass is 222 g/mol. The van der Waals surface area contributed by atoms with Gasteiger partial charge in [-0.1, -0.05) is 0 Å². The maximum absolute atomic E-state index is 11.8. The van der Waals surface area contributed by atoms with Crippen molar-refractivity contribution < 1.29 is 4.79 Å². The Bertz CT molecular complexity index is 395. The molecule has 1 aliphatic carbocycles. The van der Waals surface area contributed by atoms with E-state index in [0.29, 0.717) is 18.0 Å². The predicted molar refractivity (Wildman–Crippen MR) is 61.0 cm³/mol. The van der Waals surface area contributed by atoms with E-state index in [4.69, 9.17) is 5.73 Å². The van der Waals surface area contributed by atoms with Crippen molar-refractivity contribution in [3.63, 3.8) is 0 Å². The summed E-state index contributed by atoms with van der Waals surface area (Å²) in [6.45, 7) is 2.43. The fourth-order valence-electron chi connectivity index (χ4n) is 1.72. The van der Waals surface area contributed by atoms with E-state index in [1.54, 1.807) is 10.9 Å². The lowest BCUT2D eigenvalue weighted by Gasteiger charge is -2.11. The van der Waals surface area contributed by atoms with Crippen LogP contribution in [0.1, 0.15) is 28.9 Å². The highest BCUT2D eigenvalue weighted by Gasteiger charge is 2.28. The van der Waals surface area contributed by atoms with Crippen LogP contribution in [0, 0.1) is 12.8 Å². The van der Waals surface area contributed by atoms with E-state index in [0.717, 1.165) is 5.69 Å². The zero-order chi connectivity index (χ0) is 11.7. The highest BCUT2D eigenvalue weighted by molar-refractivity contribution is 5.95. The van der Waals surface area contributed by atoms with E-state index < -0.39 is 0 Å². The maximum atomic E-state index is 11.8. The molecule has 1 aromatic heterocycles. The lowest BCUT2D eigenvalue weighted by molar-refractivity contribution is 0.0949. The number of hydrogen-bond acceptors (Lipinski definition) is 3. The zero-order valence-corrected chi connectivity index (χ0v) is 9.73. The first-order chi connectivity index (χ1) is 7.59. The van der Waals surface area contributed by atoms with E-state index in [-0.39, 0.29) is 11.9 Å². The Morgan fingerprint density at radius 1 is 1.75 bits per heavy atom. The van der Waals surface area contributed by atoms with Gasteiger partial charge in [0.15, 0.2) is 0 Å². The van der Waals surface area contributed by atoms with Crippen LogP contribution < -0.4 is 11.1 Å². The molecule has 1 atom stereocenters. The number of hydrogen-bond donors (Lipinski definition) is 2. The summed E-state index contributed by atoms with van der Waals surface area (Å²) in [5.74, 6) is 0.525. The van der Waals surface area contributed by atoms with Crippen molar-refractivity contribution in [2.45, 2.75) is 25.8 Å². The Morgan fingerprint density at radius 2 is 2.44 bits per heavy atom. The van der Waals surface area contributed by atoms with Gasteiger partial charge in [-0.2, -0.15) is 5.10 Å². The fourth-order valence-corrected chi connectivity index (χ4v) is 1.72. The minimum Gasteiger partial charge on any atom is -0.350 e. The van der Waals surface area contributed by atoms with Crippen LogP contribution in [0.5, 0.6) is 0 Å². The topological polar surface area (TPSA) is 72.9 Å². The Hall–Kier alpha value is -1.36. The molecule has 0 spiro atoms. The van der Waals surface area contributed by atoms with Gasteiger partial charge < -0.3 is 11.1 Å². The second-order valence-corrected chi connectivity index (χ2v) is 4.48. The number of aromatic nitrogens is 2. The lowest BCUT2D eigenvalue weighted by Crippen LogP contribution is -2.38. The van der Waals surface area contributed by atoms with Crippen molar-refractivity contribution in [1.82, 2.24) is 15.1 Å². The third kappa shape index (κ3) is 2.24. The molecule has 2 rings (SSSR count). The molecule has 0 bridgehead atoms. The summed E-state index contributed by atoms with van der Waals surface area (Å²) >= 11 is 0. The Kier molecular flexibility index (Phi) is 2.96. The summed E-state index contributed by atoms with van der Waals surface area (Å²) in [6, 6.07) is 0.0981. The fraction of sp³-hybridized carbons (Fsp3) is 0.636. The summed E-state index contributed by atoms with van der Waals surface area (Å²) in [6.07, 6.45) is 3.99. The number of amides is 1. The zero-order valence-electron chi connectivity index (χ0n) is 9.73. The van der Waals surface area contributed by atoms with Crippen molar-refractivity contribution >= 4 is 5.91 Å². The molecule has 1 aliphatic rings. The normalized spacial score (nSPS) is 17.2. The number of nitrogens with one attached hydrogen (secondary N) is 1. The lowest BCUT2D eigenvalue weighted by atomic mass is 10.2. The number of carbonyl (C=O) groups excluding carboxylic acids is 1. The number of carbonyl (C=O) groups is 1. The van der Waals surface area contributed by atoms with Crippen LogP contribution in [0.15, 0.2) is 6.20 Å². The third-order valence-corrected chi connectivity index (χ3v) is 3.21. The van der Waals surface area contributed by atoms with Crippen molar-refractivity contribution in [2.24, 2.45) is 18.7 Å². The highest BCUT2D eigenvalue weighted by Crippen LogP contribution is 2.31. The van der Waals surface area contributed by atoms with Gasteiger partial charge in [0.1, 0.15) is 0 Å². The summed E-state index contributed by atoms with van der Waals surface area (Å²) < 4.78 is 1.69. The molecule has 0 aliphatic heterocycles. The van der Waals surface area contributed by atoms with Gasteiger partial charge in [0, 0.05) is 25.3 Å². The largest absolute Gasteiger partial charge is 0.350 e. The van der Waals surface area contributed by atoms with Gasteiger partial charge in [0.05, 0.1) is 11.8 Å². The molecule has 16 heavy (non-hydrogen) atoms. The van der Waals surface area contributed by atoms with Crippen molar-refractivity contribution in [3.05, 3.63) is 17.5 Å². The smallest absolute Gasteiger partial charge is 0.254 e. The molecule has 0 radical (unpaired) electrons. The van der Waals surface area contributed by atoms with Crippen molar-refractivity contribution in [1.29, 1.82) is 0 Å². The number of nitrogens with zero attached hydrogens (tertiary/aromatic N) is 2. The summed E-state index contributed by atoms with van der Waals surface area (Å²) in [5, 5.41) is 6.89. The van der Waals surface area contributed by atoms with Crippen LogP contribution in [-0.2, 0) is 7.05 Å². The van der Waals surface area contributed by atoms with E-state index >= 15 is 0 Å². The highest BCUT2D eigenvalue weighted by atomic mass is 16.1.